The molecule has 24 heavy (non-hydrogen) atoms. The number of hydrogen-bond acceptors (Lipinski definition) is 3. The van der Waals surface area contributed by atoms with E-state index in [-0.39, 0.29) is 24.8 Å². The van der Waals surface area contributed by atoms with Gasteiger partial charge in [0.25, 0.3) is 5.91 Å². The lowest BCUT2D eigenvalue weighted by Gasteiger charge is -2.04. The van der Waals surface area contributed by atoms with Gasteiger partial charge < -0.3 is 5.32 Å². The standard InChI is InChI=1S/C18H18FN3O2/c19-12-15-8-4-5-9-16(15)13-21-22-17(23)10-11-20-18(24)14-6-2-1-3-7-14/h1-9,13H,10-12H2,(H,20,24)(H,22,23)/b21-13+. The Kier molecular flexibility index (Phi) is 6.64. The normalized spacial score (nSPS) is 10.5. The van der Waals surface area contributed by atoms with Crippen LogP contribution in [0.3, 0.4) is 0 Å². The van der Waals surface area contributed by atoms with Gasteiger partial charge in [0.1, 0.15) is 6.67 Å². The summed E-state index contributed by atoms with van der Waals surface area (Å²) in [5, 5.41) is 6.46. The lowest BCUT2D eigenvalue weighted by molar-refractivity contribution is -0.120. The van der Waals surface area contributed by atoms with E-state index in [4.69, 9.17) is 0 Å². The summed E-state index contributed by atoms with van der Waals surface area (Å²) in [6.45, 7) is -0.391. The number of amides is 2. The Morgan fingerprint density at radius 2 is 1.75 bits per heavy atom. The second-order valence-electron chi connectivity index (χ2n) is 5.00. The molecule has 0 atom stereocenters. The van der Waals surface area contributed by atoms with Gasteiger partial charge in [-0.1, -0.05) is 42.5 Å². The molecule has 6 heteroatoms. The van der Waals surface area contributed by atoms with E-state index in [1.165, 1.54) is 6.21 Å². The van der Waals surface area contributed by atoms with E-state index in [0.29, 0.717) is 16.7 Å². The third-order valence-electron chi connectivity index (χ3n) is 3.27. The van der Waals surface area contributed by atoms with E-state index in [1.54, 1.807) is 48.5 Å². The third-order valence-corrected chi connectivity index (χ3v) is 3.27. The van der Waals surface area contributed by atoms with Crippen LogP contribution in [0, 0.1) is 0 Å². The maximum absolute atomic E-state index is 12.8. The SMILES string of the molecule is O=C(CCNC(=O)c1ccccc1)N/N=C/c1ccccc1CF. The average molecular weight is 327 g/mol. The van der Waals surface area contributed by atoms with Crippen molar-refractivity contribution in [2.24, 2.45) is 5.10 Å². The van der Waals surface area contributed by atoms with Gasteiger partial charge in [-0.15, -0.1) is 0 Å². The fraction of sp³-hybridized carbons (Fsp3) is 0.167. The van der Waals surface area contributed by atoms with Crippen molar-refractivity contribution in [3.05, 3.63) is 71.3 Å². The van der Waals surface area contributed by atoms with Crippen LogP contribution in [0.2, 0.25) is 0 Å². The highest BCUT2D eigenvalue weighted by atomic mass is 19.1. The number of nitrogens with zero attached hydrogens (tertiary/aromatic N) is 1. The van der Waals surface area contributed by atoms with E-state index < -0.39 is 6.67 Å². The van der Waals surface area contributed by atoms with E-state index in [2.05, 4.69) is 15.8 Å². The molecule has 0 saturated heterocycles. The number of carbonyl (C=O) groups is 2. The highest BCUT2D eigenvalue weighted by molar-refractivity contribution is 5.94. The summed E-state index contributed by atoms with van der Waals surface area (Å²) in [5.74, 6) is -0.568. The Morgan fingerprint density at radius 1 is 1.04 bits per heavy atom. The number of halogens is 1. The summed E-state index contributed by atoms with van der Waals surface area (Å²) >= 11 is 0. The summed E-state index contributed by atoms with van der Waals surface area (Å²) in [5.41, 5.74) is 4.01. The van der Waals surface area contributed by atoms with Crippen molar-refractivity contribution in [2.75, 3.05) is 6.54 Å². The lowest BCUT2D eigenvalue weighted by atomic mass is 10.1. The molecular weight excluding hydrogens is 309 g/mol. The van der Waals surface area contributed by atoms with Gasteiger partial charge >= 0.3 is 0 Å². The molecule has 0 aliphatic rings. The third kappa shape index (κ3) is 5.31. The molecule has 0 saturated carbocycles. The summed E-state index contributed by atoms with van der Waals surface area (Å²) in [6.07, 6.45) is 1.50. The van der Waals surface area contributed by atoms with Crippen molar-refractivity contribution in [2.45, 2.75) is 13.1 Å². The van der Waals surface area contributed by atoms with Crippen molar-refractivity contribution < 1.29 is 14.0 Å². The Labute approximate surface area is 139 Å². The van der Waals surface area contributed by atoms with Crippen molar-refractivity contribution in [3.8, 4) is 0 Å². The van der Waals surface area contributed by atoms with Gasteiger partial charge in [0.15, 0.2) is 0 Å². The van der Waals surface area contributed by atoms with Gasteiger partial charge in [0, 0.05) is 24.1 Å². The summed E-state index contributed by atoms with van der Waals surface area (Å²) < 4.78 is 12.8. The molecular formula is C18H18FN3O2. The number of nitrogens with one attached hydrogen (secondary N) is 2. The largest absolute Gasteiger partial charge is 0.352 e. The van der Waals surface area contributed by atoms with Crippen molar-refractivity contribution in [3.63, 3.8) is 0 Å². The first kappa shape index (κ1) is 17.3. The predicted molar refractivity (Wildman–Crippen MR) is 90.4 cm³/mol. The van der Waals surface area contributed by atoms with Crippen molar-refractivity contribution in [1.29, 1.82) is 0 Å². The second-order valence-corrected chi connectivity index (χ2v) is 5.00. The fourth-order valence-corrected chi connectivity index (χ4v) is 1.99. The molecule has 0 heterocycles. The summed E-state index contributed by atoms with van der Waals surface area (Å²) in [7, 11) is 0. The molecule has 0 aliphatic heterocycles. The van der Waals surface area contributed by atoms with E-state index in [9.17, 15) is 14.0 Å². The molecule has 5 nitrogen and oxygen atoms in total. The number of alkyl halides is 1. The Balaban J connectivity index is 1.74. The molecule has 0 spiro atoms. The van der Waals surface area contributed by atoms with Gasteiger partial charge in [-0.05, 0) is 17.7 Å². The van der Waals surface area contributed by atoms with Crippen molar-refractivity contribution in [1.82, 2.24) is 10.7 Å². The number of rotatable bonds is 7. The van der Waals surface area contributed by atoms with Crippen LogP contribution < -0.4 is 10.7 Å². The summed E-state index contributed by atoms with van der Waals surface area (Å²) in [4.78, 5) is 23.4. The van der Waals surface area contributed by atoms with Crippen LogP contribution in [0.5, 0.6) is 0 Å². The number of hydrogen-bond donors (Lipinski definition) is 2. The molecule has 2 aromatic carbocycles. The molecule has 124 valence electrons. The molecule has 0 radical (unpaired) electrons. The maximum atomic E-state index is 12.8. The fourth-order valence-electron chi connectivity index (χ4n) is 1.99. The zero-order valence-corrected chi connectivity index (χ0v) is 13.0. The van der Waals surface area contributed by atoms with E-state index in [0.717, 1.165) is 0 Å². The van der Waals surface area contributed by atoms with Crippen LogP contribution in [0.15, 0.2) is 59.7 Å². The molecule has 2 aromatic rings. The zero-order valence-electron chi connectivity index (χ0n) is 13.0. The molecule has 0 bridgehead atoms. The van der Waals surface area contributed by atoms with Crippen LogP contribution in [0.25, 0.3) is 0 Å². The minimum atomic E-state index is -0.596. The van der Waals surface area contributed by atoms with Crippen LogP contribution in [-0.2, 0) is 11.5 Å². The summed E-state index contributed by atoms with van der Waals surface area (Å²) in [6, 6.07) is 15.6. The number of carbonyl (C=O) groups excluding carboxylic acids is 2. The number of hydrazone groups is 1. The van der Waals surface area contributed by atoms with Gasteiger partial charge in [0.05, 0.1) is 6.21 Å². The number of benzene rings is 2. The molecule has 2 N–H and O–H groups in total. The van der Waals surface area contributed by atoms with Crippen molar-refractivity contribution >= 4 is 18.0 Å². The molecule has 2 rings (SSSR count). The van der Waals surface area contributed by atoms with Crippen LogP contribution in [0.4, 0.5) is 4.39 Å². The minimum absolute atomic E-state index is 0.0979. The smallest absolute Gasteiger partial charge is 0.251 e. The highest BCUT2D eigenvalue weighted by Gasteiger charge is 2.05. The second kappa shape index (κ2) is 9.19. The van der Waals surface area contributed by atoms with Crippen LogP contribution in [-0.4, -0.2) is 24.6 Å². The zero-order chi connectivity index (χ0) is 17.2. The first-order valence-electron chi connectivity index (χ1n) is 7.49. The average Bonchev–Trinajstić information content (AvgIpc) is 2.62. The van der Waals surface area contributed by atoms with Gasteiger partial charge in [-0.2, -0.15) is 5.10 Å². The Hall–Kier alpha value is -3.02. The van der Waals surface area contributed by atoms with Crippen LogP contribution >= 0.6 is 0 Å². The quantitative estimate of drug-likeness (QED) is 0.606. The van der Waals surface area contributed by atoms with Gasteiger partial charge in [0.2, 0.25) is 5.91 Å². The minimum Gasteiger partial charge on any atom is -0.352 e. The monoisotopic (exact) mass is 327 g/mol. The molecule has 0 unspecified atom stereocenters. The molecule has 0 aliphatic carbocycles. The first-order valence-corrected chi connectivity index (χ1v) is 7.49. The molecule has 0 aromatic heterocycles. The molecule has 0 fully saturated rings. The van der Waals surface area contributed by atoms with Gasteiger partial charge in [-0.25, -0.2) is 9.82 Å². The van der Waals surface area contributed by atoms with Crippen LogP contribution in [0.1, 0.15) is 27.9 Å². The molecule has 2 amide bonds. The van der Waals surface area contributed by atoms with E-state index >= 15 is 0 Å². The Bertz CT molecular complexity index is 717. The topological polar surface area (TPSA) is 70.6 Å². The highest BCUT2D eigenvalue weighted by Crippen LogP contribution is 2.07. The lowest BCUT2D eigenvalue weighted by Crippen LogP contribution is -2.28. The maximum Gasteiger partial charge on any atom is 0.251 e. The van der Waals surface area contributed by atoms with Gasteiger partial charge in [-0.3, -0.25) is 9.59 Å². The predicted octanol–water partition coefficient (Wildman–Crippen LogP) is 2.43. The first-order chi connectivity index (χ1) is 11.7. The van der Waals surface area contributed by atoms with E-state index in [1.807, 2.05) is 6.07 Å². The Morgan fingerprint density at radius 3 is 2.50 bits per heavy atom.